The van der Waals surface area contributed by atoms with Crippen LogP contribution in [0.25, 0.3) is 22.3 Å². The average Bonchev–Trinajstić information content (AvgIpc) is 2.81. The maximum Gasteiger partial charge on any atom is 0.335 e. The maximum absolute atomic E-state index is 13.5. The molecule has 2 unspecified atom stereocenters. The number of benzene rings is 2. The van der Waals surface area contributed by atoms with Crippen molar-refractivity contribution < 1.29 is 59.2 Å². The minimum Gasteiger partial charge on any atom is -0.508 e. The van der Waals surface area contributed by atoms with Gasteiger partial charge in [-0.25, -0.2) is 4.79 Å². The van der Waals surface area contributed by atoms with Gasteiger partial charge in [0, 0.05) is 17.7 Å². The minimum absolute atomic E-state index is 0.00252. The Morgan fingerprint density at radius 2 is 1.69 bits per heavy atom. The molecule has 0 amide bonds. The smallest absolute Gasteiger partial charge is 0.335 e. The van der Waals surface area contributed by atoms with Crippen LogP contribution in [0.4, 0.5) is 0 Å². The molecule has 1 saturated heterocycles. The van der Waals surface area contributed by atoms with Gasteiger partial charge >= 0.3 is 5.97 Å². The summed E-state index contributed by atoms with van der Waals surface area (Å²) in [7, 11) is 1.23. The van der Waals surface area contributed by atoms with Gasteiger partial charge in [0.25, 0.3) is 0 Å². The van der Waals surface area contributed by atoms with Gasteiger partial charge < -0.3 is 54.4 Å². The van der Waals surface area contributed by atoms with Gasteiger partial charge in [-0.2, -0.15) is 0 Å². The van der Waals surface area contributed by atoms with Crippen LogP contribution in [0.1, 0.15) is 0 Å². The van der Waals surface area contributed by atoms with Crippen molar-refractivity contribution in [1.82, 2.24) is 0 Å². The minimum atomic E-state index is -2.00. The summed E-state index contributed by atoms with van der Waals surface area (Å²) in [5.41, 5.74) is -1.07. The van der Waals surface area contributed by atoms with E-state index >= 15 is 0 Å². The molecule has 4 rings (SSSR count). The van der Waals surface area contributed by atoms with E-state index in [2.05, 4.69) is 0 Å². The number of aliphatic carboxylic acids is 1. The van der Waals surface area contributed by atoms with E-state index in [9.17, 15) is 45.3 Å². The lowest BCUT2D eigenvalue weighted by Crippen LogP contribution is -2.61. The lowest BCUT2D eigenvalue weighted by molar-refractivity contribution is -0.271. The van der Waals surface area contributed by atoms with Crippen molar-refractivity contribution in [3.05, 3.63) is 40.6 Å². The van der Waals surface area contributed by atoms with E-state index in [1.165, 1.54) is 13.2 Å². The molecule has 1 aliphatic heterocycles. The van der Waals surface area contributed by atoms with Gasteiger partial charge in [0.1, 0.15) is 40.8 Å². The summed E-state index contributed by atoms with van der Waals surface area (Å²) in [5, 5.41) is 68.9. The Bertz CT molecular complexity index is 1350. The fraction of sp³-hybridized carbons (Fsp3) is 0.273. The zero-order valence-electron chi connectivity index (χ0n) is 17.9. The number of carbonyl (C=O) groups is 1. The van der Waals surface area contributed by atoms with Crippen molar-refractivity contribution in [2.24, 2.45) is 0 Å². The Kier molecular flexibility index (Phi) is 6.17. The summed E-state index contributed by atoms with van der Waals surface area (Å²) in [5.74, 6) is -4.16. The highest BCUT2D eigenvalue weighted by Crippen LogP contribution is 2.39. The summed E-state index contributed by atoms with van der Waals surface area (Å²) >= 11 is 0. The van der Waals surface area contributed by atoms with Crippen LogP contribution in [0.5, 0.6) is 28.7 Å². The highest BCUT2D eigenvalue weighted by molar-refractivity contribution is 5.88. The third-order valence-electron chi connectivity index (χ3n) is 5.41. The molecule has 2 heterocycles. The molecule has 0 saturated carbocycles. The van der Waals surface area contributed by atoms with Crippen LogP contribution in [0.2, 0.25) is 0 Å². The van der Waals surface area contributed by atoms with E-state index in [4.69, 9.17) is 18.6 Å². The van der Waals surface area contributed by atoms with E-state index in [0.717, 1.165) is 24.3 Å². The number of hydrogen-bond acceptors (Lipinski definition) is 12. The molecule has 3 aromatic rings. The van der Waals surface area contributed by atoms with Crippen LogP contribution in [-0.4, -0.2) is 79.5 Å². The lowest BCUT2D eigenvalue weighted by Gasteiger charge is -2.38. The number of phenols is 3. The van der Waals surface area contributed by atoms with E-state index in [1.54, 1.807) is 0 Å². The maximum atomic E-state index is 13.5. The summed E-state index contributed by atoms with van der Waals surface area (Å²) in [4.78, 5) is 24.9. The van der Waals surface area contributed by atoms with Crippen molar-refractivity contribution >= 4 is 16.9 Å². The molecule has 2 aromatic carbocycles. The average molecular weight is 492 g/mol. The Labute approximate surface area is 195 Å². The number of aliphatic hydroxyl groups excluding tert-OH is 3. The number of carboxylic acids is 1. The second-order valence-corrected chi connectivity index (χ2v) is 7.67. The Morgan fingerprint density at radius 3 is 2.31 bits per heavy atom. The topological polar surface area (TPSA) is 217 Å². The van der Waals surface area contributed by atoms with Crippen LogP contribution in [0.3, 0.4) is 0 Å². The summed E-state index contributed by atoms with van der Waals surface area (Å²) in [6.45, 7) is 0. The zero-order valence-corrected chi connectivity index (χ0v) is 17.9. The summed E-state index contributed by atoms with van der Waals surface area (Å²) < 4.78 is 21.5. The number of hydrogen-bond donors (Lipinski definition) is 7. The molecule has 0 spiro atoms. The van der Waals surface area contributed by atoms with Crippen molar-refractivity contribution in [2.75, 3.05) is 7.11 Å². The Balaban J connectivity index is 1.93. The second kappa shape index (κ2) is 8.96. The molecular weight excluding hydrogens is 472 g/mol. The first-order valence-corrected chi connectivity index (χ1v) is 10.0. The van der Waals surface area contributed by atoms with E-state index < -0.39 is 59.4 Å². The van der Waals surface area contributed by atoms with E-state index in [-0.39, 0.29) is 33.8 Å². The predicted molar refractivity (Wildman–Crippen MR) is 114 cm³/mol. The van der Waals surface area contributed by atoms with Crippen LogP contribution in [0.15, 0.2) is 39.5 Å². The SMILES string of the molecule is COc1cc(O)cc2oc(-c3ccc(O)c(O)c3)c(O[C@@H]3O[C@H](C(=O)O)[C@@H](O)C(O)C3O)c(=O)c12. The van der Waals surface area contributed by atoms with Crippen molar-refractivity contribution in [3.8, 4) is 40.1 Å². The van der Waals surface area contributed by atoms with E-state index in [0.29, 0.717) is 0 Å². The molecule has 0 bridgehead atoms. The van der Waals surface area contributed by atoms with Gasteiger partial charge in [0.15, 0.2) is 23.4 Å². The van der Waals surface area contributed by atoms with Gasteiger partial charge in [-0.3, -0.25) is 4.79 Å². The molecule has 35 heavy (non-hydrogen) atoms. The molecular formula is C22H20O13. The van der Waals surface area contributed by atoms with Crippen LogP contribution >= 0.6 is 0 Å². The first-order chi connectivity index (χ1) is 16.5. The molecule has 13 heteroatoms. The van der Waals surface area contributed by atoms with Crippen molar-refractivity contribution in [1.29, 1.82) is 0 Å². The largest absolute Gasteiger partial charge is 0.508 e. The highest BCUT2D eigenvalue weighted by Gasteiger charge is 2.48. The molecule has 186 valence electrons. The Hall–Kier alpha value is -4.04. The highest BCUT2D eigenvalue weighted by atomic mass is 16.7. The first-order valence-electron chi connectivity index (χ1n) is 10.0. The fourth-order valence-electron chi connectivity index (χ4n) is 3.64. The van der Waals surface area contributed by atoms with Crippen LogP contribution in [0, 0.1) is 0 Å². The number of fused-ring (bicyclic) bond motifs is 1. The third kappa shape index (κ3) is 4.17. The summed E-state index contributed by atoms with van der Waals surface area (Å²) in [6, 6.07) is 5.61. The molecule has 0 radical (unpaired) electrons. The first kappa shape index (κ1) is 24.1. The molecule has 5 atom stereocenters. The van der Waals surface area contributed by atoms with Gasteiger partial charge in [-0.1, -0.05) is 0 Å². The Morgan fingerprint density at radius 1 is 0.971 bits per heavy atom. The fourth-order valence-corrected chi connectivity index (χ4v) is 3.64. The molecule has 1 fully saturated rings. The quantitative estimate of drug-likeness (QED) is 0.231. The number of carboxylic acid groups (broad SMARTS) is 1. The number of phenolic OH excluding ortho intramolecular Hbond substituents is 3. The normalized spacial score (nSPS) is 24.3. The number of methoxy groups -OCH3 is 1. The standard InChI is InChI=1S/C22H20O13/c1-32-11-5-8(23)6-12-13(11)14(26)19(18(33-12)7-2-3-9(24)10(25)4-7)34-22-17(29)15(27)16(28)20(35-22)21(30)31/h2-6,15-17,20,22-25,27-29H,1H3,(H,30,31)/t15?,16-,17?,20-,22+/m0/s1. The zero-order chi connectivity index (χ0) is 25.6. The summed E-state index contributed by atoms with van der Waals surface area (Å²) in [6.07, 6.45) is -9.94. The number of ether oxygens (including phenoxy) is 3. The molecule has 13 nitrogen and oxygen atoms in total. The van der Waals surface area contributed by atoms with Gasteiger partial charge in [-0.05, 0) is 18.2 Å². The third-order valence-corrected chi connectivity index (χ3v) is 5.41. The van der Waals surface area contributed by atoms with Crippen LogP contribution < -0.4 is 14.9 Å². The second-order valence-electron chi connectivity index (χ2n) is 7.67. The molecule has 0 aliphatic carbocycles. The molecule has 1 aliphatic rings. The number of rotatable bonds is 5. The number of aromatic hydroxyl groups is 3. The monoisotopic (exact) mass is 492 g/mol. The predicted octanol–water partition coefficient (Wildman–Crippen LogP) is -0.144. The van der Waals surface area contributed by atoms with Gasteiger partial charge in [-0.15, -0.1) is 0 Å². The van der Waals surface area contributed by atoms with Crippen LogP contribution in [-0.2, 0) is 9.53 Å². The van der Waals surface area contributed by atoms with E-state index in [1.807, 2.05) is 0 Å². The molecule has 1 aromatic heterocycles. The van der Waals surface area contributed by atoms with Crippen molar-refractivity contribution in [2.45, 2.75) is 30.7 Å². The molecule has 7 N–H and O–H groups in total. The lowest BCUT2D eigenvalue weighted by atomic mass is 9.99. The van der Waals surface area contributed by atoms with Gasteiger partial charge in [0.2, 0.25) is 17.5 Å². The number of aliphatic hydroxyl groups is 3. The van der Waals surface area contributed by atoms with Gasteiger partial charge in [0.05, 0.1) is 7.11 Å². The van der Waals surface area contributed by atoms with Crippen molar-refractivity contribution in [3.63, 3.8) is 0 Å².